The molecule has 0 aromatic rings. The van der Waals surface area contributed by atoms with Crippen LogP contribution < -0.4 is 5.48 Å². The molecule has 0 radical (unpaired) electrons. The van der Waals surface area contributed by atoms with Gasteiger partial charge in [0.2, 0.25) is 5.91 Å². The van der Waals surface area contributed by atoms with Crippen LogP contribution >= 0.6 is 0 Å². The SMILES string of the molecule is CC(=O)O[C@H]1CC[C@@]2(C)C(CC[C@]3(C)[C@@H]2C(=O)C=C2C4C[C@@](C)(C(=O)NO)CC[C@]4(C)CC[C@]23C)C1(C)C. The van der Waals surface area contributed by atoms with Crippen molar-refractivity contribution in [2.75, 3.05) is 0 Å². The van der Waals surface area contributed by atoms with Gasteiger partial charge in [0.25, 0.3) is 0 Å². The molecule has 1 amide bonds. The summed E-state index contributed by atoms with van der Waals surface area (Å²) in [6.07, 6.45) is 10.1. The van der Waals surface area contributed by atoms with Gasteiger partial charge in [0.05, 0.1) is 0 Å². The molecular formula is C32H49NO5. The number of rotatable bonds is 2. The van der Waals surface area contributed by atoms with Crippen LogP contribution in [-0.2, 0) is 19.1 Å². The molecule has 0 saturated heterocycles. The molecule has 0 aromatic carbocycles. The first-order valence-electron chi connectivity index (χ1n) is 14.9. The monoisotopic (exact) mass is 527 g/mol. The topological polar surface area (TPSA) is 92.7 Å². The second kappa shape index (κ2) is 8.41. The molecule has 0 spiro atoms. The molecule has 0 bridgehead atoms. The Morgan fingerprint density at radius 1 is 0.947 bits per heavy atom. The number of hydrogen-bond acceptors (Lipinski definition) is 5. The molecule has 38 heavy (non-hydrogen) atoms. The van der Waals surface area contributed by atoms with Gasteiger partial charge in [0, 0.05) is 23.7 Å². The molecular weight excluding hydrogens is 478 g/mol. The van der Waals surface area contributed by atoms with E-state index in [9.17, 15) is 19.6 Å². The summed E-state index contributed by atoms with van der Waals surface area (Å²) >= 11 is 0. The van der Waals surface area contributed by atoms with E-state index < -0.39 is 5.41 Å². The molecule has 0 aliphatic heterocycles. The number of nitrogens with one attached hydrogen (secondary N) is 1. The normalized spacial score (nSPS) is 49.4. The second-order valence-corrected chi connectivity index (χ2v) is 15.7. The van der Waals surface area contributed by atoms with Crippen molar-refractivity contribution in [2.45, 2.75) is 119 Å². The molecule has 5 rings (SSSR count). The molecule has 9 atom stereocenters. The van der Waals surface area contributed by atoms with E-state index in [-0.39, 0.29) is 62.7 Å². The molecule has 4 saturated carbocycles. The molecule has 6 heteroatoms. The highest BCUT2D eigenvalue weighted by molar-refractivity contribution is 5.95. The van der Waals surface area contributed by atoms with Crippen LogP contribution in [0.3, 0.4) is 0 Å². The molecule has 4 fully saturated rings. The van der Waals surface area contributed by atoms with Gasteiger partial charge in [-0.15, -0.1) is 0 Å². The maximum Gasteiger partial charge on any atom is 0.302 e. The number of hydroxylamine groups is 1. The molecule has 6 nitrogen and oxygen atoms in total. The molecule has 2 unspecified atom stereocenters. The number of fused-ring (bicyclic) bond motifs is 7. The fraction of sp³-hybridized carbons (Fsp3) is 0.844. The van der Waals surface area contributed by atoms with Crippen molar-refractivity contribution >= 4 is 17.7 Å². The van der Waals surface area contributed by atoms with Crippen LogP contribution in [0.5, 0.6) is 0 Å². The maximum absolute atomic E-state index is 14.4. The lowest BCUT2D eigenvalue weighted by Gasteiger charge is -2.70. The third kappa shape index (κ3) is 3.50. The number of esters is 1. The zero-order valence-electron chi connectivity index (χ0n) is 24.8. The van der Waals surface area contributed by atoms with Crippen molar-refractivity contribution < 1.29 is 24.3 Å². The first kappa shape index (κ1) is 27.9. The van der Waals surface area contributed by atoms with Crippen molar-refractivity contribution in [3.8, 4) is 0 Å². The van der Waals surface area contributed by atoms with Gasteiger partial charge in [0.1, 0.15) is 6.10 Å². The van der Waals surface area contributed by atoms with E-state index in [0.29, 0.717) is 12.3 Å². The summed E-state index contributed by atoms with van der Waals surface area (Å²) in [4.78, 5) is 39.0. The van der Waals surface area contributed by atoms with Gasteiger partial charge in [-0.1, -0.05) is 54.0 Å². The number of amides is 1. The Morgan fingerprint density at radius 3 is 2.24 bits per heavy atom. The van der Waals surface area contributed by atoms with Gasteiger partial charge >= 0.3 is 5.97 Å². The third-order valence-electron chi connectivity index (χ3n) is 13.5. The predicted molar refractivity (Wildman–Crippen MR) is 145 cm³/mol. The molecule has 2 N–H and O–H groups in total. The van der Waals surface area contributed by atoms with Crippen molar-refractivity contribution in [1.29, 1.82) is 0 Å². The van der Waals surface area contributed by atoms with Gasteiger partial charge in [-0.3, -0.25) is 19.6 Å². The smallest absolute Gasteiger partial charge is 0.302 e. The van der Waals surface area contributed by atoms with Crippen molar-refractivity contribution in [1.82, 2.24) is 5.48 Å². The number of hydrogen-bond donors (Lipinski definition) is 2. The number of ketones is 1. The third-order valence-corrected chi connectivity index (χ3v) is 13.5. The summed E-state index contributed by atoms with van der Waals surface area (Å²) in [5, 5.41) is 9.48. The minimum Gasteiger partial charge on any atom is -0.462 e. The fourth-order valence-electron chi connectivity index (χ4n) is 10.9. The van der Waals surface area contributed by atoms with E-state index in [0.717, 1.165) is 51.4 Å². The van der Waals surface area contributed by atoms with E-state index in [4.69, 9.17) is 4.74 Å². The zero-order chi connectivity index (χ0) is 28.1. The Bertz CT molecular complexity index is 1100. The minimum absolute atomic E-state index is 0.0647. The lowest BCUT2D eigenvalue weighted by molar-refractivity contribution is -0.210. The Kier molecular flexibility index (Phi) is 6.16. The summed E-state index contributed by atoms with van der Waals surface area (Å²) in [7, 11) is 0. The summed E-state index contributed by atoms with van der Waals surface area (Å²) in [5.41, 5.74) is 1.98. The average Bonchev–Trinajstić information content (AvgIpc) is 2.82. The summed E-state index contributed by atoms with van der Waals surface area (Å²) in [6.45, 7) is 17.4. The summed E-state index contributed by atoms with van der Waals surface area (Å²) in [6, 6.07) is 0. The summed E-state index contributed by atoms with van der Waals surface area (Å²) < 4.78 is 5.83. The Hall–Kier alpha value is -1.69. The van der Waals surface area contributed by atoms with Gasteiger partial charge in [-0.2, -0.15) is 0 Å². The average molecular weight is 528 g/mol. The number of allylic oxidation sites excluding steroid dienone is 2. The molecule has 212 valence electrons. The highest BCUT2D eigenvalue weighted by Crippen LogP contribution is 2.75. The number of carbonyl (C=O) groups excluding carboxylic acids is 3. The van der Waals surface area contributed by atoms with Crippen molar-refractivity contribution in [2.24, 2.45) is 50.2 Å². The minimum atomic E-state index is -0.637. The van der Waals surface area contributed by atoms with Crippen LogP contribution in [0.2, 0.25) is 0 Å². The molecule has 5 aliphatic carbocycles. The number of carbonyl (C=O) groups is 3. The molecule has 0 aromatic heterocycles. The van der Waals surface area contributed by atoms with Crippen molar-refractivity contribution in [3.05, 3.63) is 11.6 Å². The van der Waals surface area contributed by atoms with Gasteiger partial charge in [-0.25, -0.2) is 5.48 Å². The quantitative estimate of drug-likeness (QED) is 0.246. The number of ether oxygens (including phenoxy) is 1. The van der Waals surface area contributed by atoms with Gasteiger partial charge in [-0.05, 0) is 97.4 Å². The van der Waals surface area contributed by atoms with E-state index in [1.165, 1.54) is 12.5 Å². The highest BCUT2D eigenvalue weighted by atomic mass is 16.5. The van der Waals surface area contributed by atoms with Crippen LogP contribution in [0.1, 0.15) is 113 Å². The Morgan fingerprint density at radius 2 is 1.61 bits per heavy atom. The van der Waals surface area contributed by atoms with E-state index in [2.05, 4.69) is 41.5 Å². The molecule has 5 aliphatic rings. The van der Waals surface area contributed by atoms with Crippen LogP contribution in [0.15, 0.2) is 11.6 Å². The van der Waals surface area contributed by atoms with Crippen molar-refractivity contribution in [3.63, 3.8) is 0 Å². The van der Waals surface area contributed by atoms with Crippen LogP contribution in [-0.4, -0.2) is 29.0 Å². The fourth-order valence-corrected chi connectivity index (χ4v) is 10.9. The summed E-state index contributed by atoms with van der Waals surface area (Å²) in [5.74, 6) is 0.117. The Balaban J connectivity index is 1.57. The predicted octanol–water partition coefficient (Wildman–Crippen LogP) is 6.40. The Labute approximate surface area is 228 Å². The van der Waals surface area contributed by atoms with Gasteiger partial charge in [0.15, 0.2) is 5.78 Å². The van der Waals surface area contributed by atoms with E-state index in [1.54, 1.807) is 0 Å². The van der Waals surface area contributed by atoms with Crippen LogP contribution in [0, 0.1) is 50.2 Å². The highest BCUT2D eigenvalue weighted by Gasteiger charge is 2.70. The first-order valence-corrected chi connectivity index (χ1v) is 14.9. The van der Waals surface area contributed by atoms with Crippen LogP contribution in [0.25, 0.3) is 0 Å². The molecule has 0 heterocycles. The van der Waals surface area contributed by atoms with Gasteiger partial charge < -0.3 is 4.74 Å². The largest absolute Gasteiger partial charge is 0.462 e. The lowest BCUT2D eigenvalue weighted by Crippen LogP contribution is -2.66. The van der Waals surface area contributed by atoms with E-state index in [1.807, 2.05) is 18.5 Å². The second-order valence-electron chi connectivity index (χ2n) is 15.7. The first-order chi connectivity index (χ1) is 17.5. The lowest BCUT2D eigenvalue weighted by atomic mass is 9.33. The van der Waals surface area contributed by atoms with E-state index >= 15 is 0 Å². The maximum atomic E-state index is 14.4. The van der Waals surface area contributed by atoms with Crippen LogP contribution in [0.4, 0.5) is 0 Å². The zero-order valence-corrected chi connectivity index (χ0v) is 24.8. The standard InChI is InChI=1S/C32H49NO5/c1-19(34)38-24-10-11-30(6)23(27(24,2)3)9-12-32(8)25(30)22(35)17-20-21-18-29(5,26(36)33-37)14-13-28(21,4)15-16-31(20,32)7/h17,21,23-25,37H,9-16,18H2,1-8H3,(H,33,36)/t21?,23?,24-,25+,28+,29-,30-,31+,32+/m0/s1.